The average molecular weight is 364 g/mol. The van der Waals surface area contributed by atoms with Crippen LogP contribution >= 0.6 is 0 Å². The molecule has 1 unspecified atom stereocenters. The fraction of sp³-hybridized carbons (Fsp3) is 0.286. The number of aryl methyl sites for hydroxylation is 1. The summed E-state index contributed by atoms with van der Waals surface area (Å²) in [6.45, 7) is 2.74. The van der Waals surface area contributed by atoms with Crippen molar-refractivity contribution in [1.29, 1.82) is 0 Å². The zero-order valence-corrected chi connectivity index (χ0v) is 15.2. The molecular weight excluding hydrogens is 343 g/mol. The van der Waals surface area contributed by atoms with Gasteiger partial charge in [-0.1, -0.05) is 13.0 Å². The van der Waals surface area contributed by atoms with Crippen LogP contribution in [0.2, 0.25) is 0 Å². The fourth-order valence-electron chi connectivity index (χ4n) is 3.64. The normalized spacial score (nSPS) is 16.7. The molecule has 0 aliphatic carbocycles. The smallest absolute Gasteiger partial charge is 0.254 e. The highest BCUT2D eigenvalue weighted by Gasteiger charge is 2.31. The topological polar surface area (TPSA) is 51.0 Å². The van der Waals surface area contributed by atoms with Gasteiger partial charge in [0.2, 0.25) is 0 Å². The molecule has 138 valence electrons. The zero-order valence-electron chi connectivity index (χ0n) is 15.2. The Balaban J connectivity index is 1.63. The summed E-state index contributed by atoms with van der Waals surface area (Å²) in [5, 5.41) is 0. The number of aromatic nitrogens is 3. The second-order valence-electron chi connectivity index (χ2n) is 6.65. The Bertz CT molecular complexity index is 951. The van der Waals surface area contributed by atoms with Crippen LogP contribution in [0.3, 0.4) is 0 Å². The van der Waals surface area contributed by atoms with Gasteiger partial charge in [0.1, 0.15) is 17.5 Å². The molecule has 1 saturated heterocycles. The van der Waals surface area contributed by atoms with Crippen LogP contribution in [0.25, 0.3) is 5.82 Å². The number of amides is 1. The lowest BCUT2D eigenvalue weighted by molar-refractivity contribution is 0.0733. The number of carbonyl (C=O) groups is 1. The lowest BCUT2D eigenvalue weighted by atomic mass is 10.1. The van der Waals surface area contributed by atoms with Crippen molar-refractivity contribution in [3.63, 3.8) is 0 Å². The van der Waals surface area contributed by atoms with Crippen LogP contribution in [-0.4, -0.2) is 31.9 Å². The number of likely N-dealkylation sites (tertiary alicyclic amines) is 1. The molecule has 3 heterocycles. The molecule has 1 aliphatic rings. The maximum atomic E-state index is 13.2. The van der Waals surface area contributed by atoms with Crippen molar-refractivity contribution < 1.29 is 9.18 Å². The van der Waals surface area contributed by atoms with E-state index in [1.807, 2.05) is 33.9 Å². The zero-order chi connectivity index (χ0) is 18.8. The maximum absolute atomic E-state index is 13.2. The van der Waals surface area contributed by atoms with Crippen molar-refractivity contribution >= 4 is 5.91 Å². The monoisotopic (exact) mass is 364 g/mol. The number of halogens is 1. The first kappa shape index (κ1) is 17.4. The molecule has 0 bridgehead atoms. The van der Waals surface area contributed by atoms with Gasteiger partial charge < -0.3 is 4.90 Å². The Morgan fingerprint density at radius 2 is 2.04 bits per heavy atom. The highest BCUT2D eigenvalue weighted by atomic mass is 19.1. The molecule has 5 nitrogen and oxygen atoms in total. The van der Waals surface area contributed by atoms with Gasteiger partial charge >= 0.3 is 0 Å². The maximum Gasteiger partial charge on any atom is 0.254 e. The average Bonchev–Trinajstić information content (AvgIpc) is 3.37. The molecule has 1 amide bonds. The summed E-state index contributed by atoms with van der Waals surface area (Å²) in [5.74, 6) is 1.33. The Kier molecular flexibility index (Phi) is 4.71. The molecule has 0 radical (unpaired) electrons. The summed E-state index contributed by atoms with van der Waals surface area (Å²) in [4.78, 5) is 23.9. The van der Waals surface area contributed by atoms with Crippen LogP contribution in [0.4, 0.5) is 4.39 Å². The van der Waals surface area contributed by atoms with Gasteiger partial charge in [0.25, 0.3) is 5.91 Å². The molecule has 1 atom stereocenters. The first-order chi connectivity index (χ1) is 13.2. The number of nitrogens with zero attached hydrogens (tertiary/aromatic N) is 4. The standard InChI is InChI=1S/C21H21FN4O/c1-2-19-23-12-14-26(19)20-7-3-5-17(24-20)18-6-4-13-25(18)21(27)15-8-10-16(22)11-9-15/h3,5,7-12,14,18H,2,4,6,13H2,1H3. The Hall–Kier alpha value is -3.02. The lowest BCUT2D eigenvalue weighted by Gasteiger charge is -2.25. The molecule has 1 aliphatic heterocycles. The molecule has 3 aromatic rings. The third kappa shape index (κ3) is 3.35. The van der Waals surface area contributed by atoms with Crippen LogP contribution in [0.1, 0.15) is 47.7 Å². The van der Waals surface area contributed by atoms with Gasteiger partial charge in [-0.15, -0.1) is 0 Å². The number of pyridine rings is 1. The third-order valence-corrected chi connectivity index (χ3v) is 4.98. The van der Waals surface area contributed by atoms with E-state index in [-0.39, 0.29) is 17.8 Å². The summed E-state index contributed by atoms with van der Waals surface area (Å²) in [7, 11) is 0. The fourth-order valence-corrected chi connectivity index (χ4v) is 3.64. The summed E-state index contributed by atoms with van der Waals surface area (Å²) in [6.07, 6.45) is 6.29. The number of rotatable bonds is 4. The van der Waals surface area contributed by atoms with Crippen molar-refractivity contribution in [3.05, 3.63) is 77.8 Å². The van der Waals surface area contributed by atoms with Gasteiger partial charge in [0, 0.05) is 30.9 Å². The summed E-state index contributed by atoms with van der Waals surface area (Å²) in [6, 6.07) is 11.5. The van der Waals surface area contributed by atoms with Gasteiger partial charge in [-0.05, 0) is 49.2 Å². The van der Waals surface area contributed by atoms with Crippen molar-refractivity contribution in [2.24, 2.45) is 0 Å². The summed E-state index contributed by atoms with van der Waals surface area (Å²) < 4.78 is 15.1. The molecule has 4 rings (SSSR count). The molecule has 27 heavy (non-hydrogen) atoms. The lowest BCUT2D eigenvalue weighted by Crippen LogP contribution is -2.31. The number of hydrogen-bond donors (Lipinski definition) is 0. The second-order valence-corrected chi connectivity index (χ2v) is 6.65. The third-order valence-electron chi connectivity index (χ3n) is 4.98. The summed E-state index contributed by atoms with van der Waals surface area (Å²) in [5.41, 5.74) is 1.37. The molecular formula is C21H21FN4O. The predicted molar refractivity (Wildman–Crippen MR) is 100 cm³/mol. The highest BCUT2D eigenvalue weighted by Crippen LogP contribution is 2.32. The Labute approximate surface area is 157 Å². The van der Waals surface area contributed by atoms with Crippen LogP contribution in [0, 0.1) is 5.82 Å². The van der Waals surface area contributed by atoms with Crippen molar-refractivity contribution in [2.45, 2.75) is 32.2 Å². The van der Waals surface area contributed by atoms with Crippen LogP contribution in [0.5, 0.6) is 0 Å². The summed E-state index contributed by atoms with van der Waals surface area (Å²) >= 11 is 0. The largest absolute Gasteiger partial charge is 0.330 e. The van der Waals surface area contributed by atoms with E-state index in [4.69, 9.17) is 4.98 Å². The van der Waals surface area contributed by atoms with E-state index in [1.165, 1.54) is 24.3 Å². The molecule has 0 saturated carbocycles. The molecule has 0 N–H and O–H groups in total. The van der Waals surface area contributed by atoms with E-state index in [0.29, 0.717) is 12.1 Å². The minimum absolute atomic E-state index is 0.0731. The Morgan fingerprint density at radius 3 is 2.81 bits per heavy atom. The number of hydrogen-bond acceptors (Lipinski definition) is 3. The predicted octanol–water partition coefficient (Wildman–Crippen LogP) is 3.95. The molecule has 1 fully saturated rings. The van der Waals surface area contributed by atoms with Gasteiger partial charge in [-0.2, -0.15) is 0 Å². The van der Waals surface area contributed by atoms with Gasteiger partial charge in [-0.25, -0.2) is 14.4 Å². The van der Waals surface area contributed by atoms with Crippen molar-refractivity contribution in [2.75, 3.05) is 6.54 Å². The minimum atomic E-state index is -0.342. The van der Waals surface area contributed by atoms with Crippen molar-refractivity contribution in [3.8, 4) is 5.82 Å². The number of benzene rings is 1. The van der Waals surface area contributed by atoms with Crippen molar-refractivity contribution in [1.82, 2.24) is 19.4 Å². The number of carbonyl (C=O) groups excluding carboxylic acids is 1. The van der Waals surface area contributed by atoms with Crippen LogP contribution in [0.15, 0.2) is 54.9 Å². The van der Waals surface area contributed by atoms with Gasteiger partial charge in [-0.3, -0.25) is 9.36 Å². The molecule has 2 aromatic heterocycles. The van der Waals surface area contributed by atoms with Gasteiger partial charge in [0.15, 0.2) is 0 Å². The van der Waals surface area contributed by atoms with E-state index >= 15 is 0 Å². The highest BCUT2D eigenvalue weighted by molar-refractivity contribution is 5.94. The van der Waals surface area contributed by atoms with E-state index in [0.717, 1.165) is 36.6 Å². The van der Waals surface area contributed by atoms with E-state index in [2.05, 4.69) is 11.9 Å². The second kappa shape index (κ2) is 7.31. The molecule has 0 spiro atoms. The quantitative estimate of drug-likeness (QED) is 0.704. The van der Waals surface area contributed by atoms with Crippen LogP contribution in [-0.2, 0) is 6.42 Å². The SMILES string of the molecule is CCc1nccn1-c1cccc(C2CCCN2C(=O)c2ccc(F)cc2)n1. The molecule has 6 heteroatoms. The van der Waals surface area contributed by atoms with E-state index in [9.17, 15) is 9.18 Å². The van der Waals surface area contributed by atoms with E-state index < -0.39 is 0 Å². The van der Waals surface area contributed by atoms with E-state index in [1.54, 1.807) is 6.20 Å². The van der Waals surface area contributed by atoms with Crippen LogP contribution < -0.4 is 0 Å². The Morgan fingerprint density at radius 1 is 1.22 bits per heavy atom. The first-order valence-electron chi connectivity index (χ1n) is 9.23. The number of imidazole rings is 1. The van der Waals surface area contributed by atoms with Gasteiger partial charge in [0.05, 0.1) is 11.7 Å². The first-order valence-corrected chi connectivity index (χ1v) is 9.23. The molecule has 1 aromatic carbocycles. The minimum Gasteiger partial charge on any atom is -0.330 e.